The Bertz CT molecular complexity index is 472. The summed E-state index contributed by atoms with van der Waals surface area (Å²) in [4.78, 5) is 11.5. The minimum absolute atomic E-state index is 0.0111. The van der Waals surface area contributed by atoms with Gasteiger partial charge in [-0.2, -0.15) is 0 Å². The first kappa shape index (κ1) is 17.2. The van der Waals surface area contributed by atoms with E-state index in [0.717, 1.165) is 12.1 Å². The highest BCUT2D eigenvalue weighted by atomic mass is 19.1. The predicted octanol–water partition coefficient (Wildman–Crippen LogP) is 1.66. The van der Waals surface area contributed by atoms with Crippen LogP contribution >= 0.6 is 0 Å². The smallest absolute Gasteiger partial charge is 0.315 e. The van der Waals surface area contributed by atoms with Crippen LogP contribution in [-0.2, 0) is 0 Å². The molecule has 1 aromatic carbocycles. The van der Waals surface area contributed by atoms with Gasteiger partial charge in [-0.3, -0.25) is 0 Å². The number of aliphatic hydroxyl groups is 1. The van der Waals surface area contributed by atoms with Gasteiger partial charge in [0.15, 0.2) is 11.6 Å². The molecule has 0 aliphatic carbocycles. The van der Waals surface area contributed by atoms with Gasteiger partial charge in [-0.1, -0.05) is 6.92 Å². The normalized spacial score (nSPS) is 13.4. The molecule has 0 saturated carbocycles. The van der Waals surface area contributed by atoms with Gasteiger partial charge in [0.1, 0.15) is 12.4 Å². The Morgan fingerprint density at radius 2 is 2.10 bits per heavy atom. The van der Waals surface area contributed by atoms with E-state index in [1.807, 2.05) is 0 Å². The number of amides is 2. The van der Waals surface area contributed by atoms with E-state index in [1.165, 1.54) is 6.07 Å². The highest BCUT2D eigenvalue weighted by Gasteiger charge is 2.11. The number of urea groups is 1. The van der Waals surface area contributed by atoms with Crippen LogP contribution in [0.3, 0.4) is 0 Å². The molecule has 2 atom stereocenters. The van der Waals surface area contributed by atoms with Gasteiger partial charge in [-0.25, -0.2) is 13.6 Å². The largest absolute Gasteiger partial charge is 0.488 e. The van der Waals surface area contributed by atoms with Crippen LogP contribution in [0.15, 0.2) is 18.2 Å². The molecule has 1 rings (SSSR count). The van der Waals surface area contributed by atoms with E-state index in [2.05, 4.69) is 10.6 Å². The molecule has 0 aromatic heterocycles. The maximum Gasteiger partial charge on any atom is 0.315 e. The molecule has 0 fully saturated rings. The maximum absolute atomic E-state index is 13.3. The van der Waals surface area contributed by atoms with Gasteiger partial charge in [0.25, 0.3) is 0 Å². The van der Waals surface area contributed by atoms with Crippen molar-refractivity contribution >= 4 is 6.03 Å². The summed E-state index contributed by atoms with van der Waals surface area (Å²) in [6, 6.07) is 2.26. The summed E-state index contributed by atoms with van der Waals surface area (Å²) >= 11 is 0. The molecular weight excluding hydrogens is 282 g/mol. The van der Waals surface area contributed by atoms with Gasteiger partial charge < -0.3 is 20.5 Å². The molecule has 0 saturated heterocycles. The van der Waals surface area contributed by atoms with Crippen LogP contribution in [-0.4, -0.2) is 36.9 Å². The van der Waals surface area contributed by atoms with Crippen LogP contribution in [0.4, 0.5) is 13.6 Å². The summed E-state index contributed by atoms with van der Waals surface area (Å²) in [5.74, 6) is -1.57. The van der Waals surface area contributed by atoms with Crippen LogP contribution in [0, 0.1) is 17.6 Å². The number of benzene rings is 1. The first-order valence-corrected chi connectivity index (χ1v) is 6.65. The van der Waals surface area contributed by atoms with Crippen LogP contribution in [0.25, 0.3) is 0 Å². The first-order valence-electron chi connectivity index (χ1n) is 6.65. The van der Waals surface area contributed by atoms with Crippen molar-refractivity contribution < 1.29 is 23.4 Å². The zero-order valence-corrected chi connectivity index (χ0v) is 12.0. The molecule has 0 bridgehead atoms. The third kappa shape index (κ3) is 6.40. The van der Waals surface area contributed by atoms with Crippen LogP contribution < -0.4 is 15.4 Å². The fourth-order valence-electron chi connectivity index (χ4n) is 1.46. The topological polar surface area (TPSA) is 70.6 Å². The van der Waals surface area contributed by atoms with Crippen LogP contribution in [0.1, 0.15) is 13.8 Å². The van der Waals surface area contributed by atoms with E-state index in [4.69, 9.17) is 9.84 Å². The number of carbonyl (C=O) groups is 1. The Balaban J connectivity index is 2.33. The summed E-state index contributed by atoms with van der Waals surface area (Å²) in [5.41, 5.74) is 0. The number of rotatable bonds is 7. The Morgan fingerprint density at radius 1 is 1.38 bits per heavy atom. The van der Waals surface area contributed by atoms with Gasteiger partial charge in [0.2, 0.25) is 0 Å². The molecule has 2 amide bonds. The van der Waals surface area contributed by atoms with E-state index in [1.54, 1.807) is 13.8 Å². The number of halogens is 2. The van der Waals surface area contributed by atoms with Crippen molar-refractivity contribution in [3.63, 3.8) is 0 Å². The standard InChI is InChI=1S/C14H20F2N2O3/c1-9(7-19)6-17-14(20)18-10(2)8-21-13-4-3-11(15)5-12(13)16/h3-5,9-10,19H,6-8H2,1-2H3,(H2,17,18,20). The van der Waals surface area contributed by atoms with E-state index >= 15 is 0 Å². The number of hydrogen-bond acceptors (Lipinski definition) is 3. The maximum atomic E-state index is 13.3. The summed E-state index contributed by atoms with van der Waals surface area (Å²) in [6.07, 6.45) is 0. The van der Waals surface area contributed by atoms with Crippen molar-refractivity contribution in [1.82, 2.24) is 10.6 Å². The molecule has 0 spiro atoms. The molecule has 7 heteroatoms. The zero-order chi connectivity index (χ0) is 15.8. The van der Waals surface area contributed by atoms with E-state index in [9.17, 15) is 13.6 Å². The van der Waals surface area contributed by atoms with Crippen molar-refractivity contribution in [1.29, 1.82) is 0 Å². The third-order valence-electron chi connectivity index (χ3n) is 2.68. The van der Waals surface area contributed by atoms with E-state index in [0.29, 0.717) is 6.54 Å². The Hall–Kier alpha value is -1.89. The highest BCUT2D eigenvalue weighted by molar-refractivity contribution is 5.74. The molecule has 118 valence electrons. The fourth-order valence-corrected chi connectivity index (χ4v) is 1.46. The molecule has 21 heavy (non-hydrogen) atoms. The third-order valence-corrected chi connectivity index (χ3v) is 2.68. The summed E-state index contributed by atoms with van der Waals surface area (Å²) < 4.78 is 31.2. The molecule has 1 aromatic rings. The Kier molecular flexibility index (Phi) is 6.87. The molecule has 5 nitrogen and oxygen atoms in total. The fraction of sp³-hybridized carbons (Fsp3) is 0.500. The van der Waals surface area contributed by atoms with E-state index in [-0.39, 0.29) is 30.9 Å². The highest BCUT2D eigenvalue weighted by Crippen LogP contribution is 2.17. The number of ether oxygens (including phenoxy) is 1. The summed E-state index contributed by atoms with van der Waals surface area (Å²) in [5, 5.41) is 14.0. The number of carbonyl (C=O) groups excluding carboxylic acids is 1. The van der Waals surface area contributed by atoms with Gasteiger partial charge in [0, 0.05) is 19.2 Å². The van der Waals surface area contributed by atoms with Crippen molar-refractivity contribution in [2.75, 3.05) is 19.8 Å². The number of nitrogens with one attached hydrogen (secondary N) is 2. The SMILES string of the molecule is CC(CO)CNC(=O)NC(C)COc1ccc(F)cc1F. The Labute approximate surface area is 122 Å². The minimum atomic E-state index is -0.788. The van der Waals surface area contributed by atoms with Crippen molar-refractivity contribution in [3.8, 4) is 5.75 Å². The second kappa shape index (κ2) is 8.41. The number of hydrogen-bond donors (Lipinski definition) is 3. The molecule has 2 unspecified atom stereocenters. The lowest BCUT2D eigenvalue weighted by molar-refractivity contribution is 0.213. The Morgan fingerprint density at radius 3 is 2.71 bits per heavy atom. The van der Waals surface area contributed by atoms with Crippen molar-refractivity contribution in [2.24, 2.45) is 5.92 Å². The first-order chi connectivity index (χ1) is 9.92. The lowest BCUT2D eigenvalue weighted by Crippen LogP contribution is -2.44. The lowest BCUT2D eigenvalue weighted by atomic mass is 10.2. The monoisotopic (exact) mass is 302 g/mol. The predicted molar refractivity (Wildman–Crippen MR) is 74.1 cm³/mol. The second-order valence-corrected chi connectivity index (χ2v) is 4.93. The quantitative estimate of drug-likeness (QED) is 0.717. The summed E-state index contributed by atoms with van der Waals surface area (Å²) in [7, 11) is 0. The molecule has 0 aliphatic rings. The van der Waals surface area contributed by atoms with Gasteiger partial charge >= 0.3 is 6.03 Å². The van der Waals surface area contributed by atoms with Gasteiger partial charge in [0.05, 0.1) is 6.04 Å². The zero-order valence-electron chi connectivity index (χ0n) is 12.0. The van der Waals surface area contributed by atoms with Crippen LogP contribution in [0.2, 0.25) is 0 Å². The minimum Gasteiger partial charge on any atom is -0.488 e. The van der Waals surface area contributed by atoms with Crippen molar-refractivity contribution in [3.05, 3.63) is 29.8 Å². The van der Waals surface area contributed by atoms with Gasteiger partial charge in [-0.05, 0) is 25.0 Å². The lowest BCUT2D eigenvalue weighted by Gasteiger charge is -2.17. The average molecular weight is 302 g/mol. The average Bonchev–Trinajstić information content (AvgIpc) is 2.43. The molecule has 0 radical (unpaired) electrons. The molecular formula is C14H20F2N2O3. The van der Waals surface area contributed by atoms with Crippen LogP contribution in [0.5, 0.6) is 5.75 Å². The van der Waals surface area contributed by atoms with E-state index < -0.39 is 17.7 Å². The summed E-state index contributed by atoms with van der Waals surface area (Å²) in [6.45, 7) is 3.87. The second-order valence-electron chi connectivity index (χ2n) is 4.93. The molecule has 0 aliphatic heterocycles. The molecule has 0 heterocycles. The number of aliphatic hydroxyl groups excluding tert-OH is 1. The van der Waals surface area contributed by atoms with Gasteiger partial charge in [-0.15, -0.1) is 0 Å². The van der Waals surface area contributed by atoms with Crippen molar-refractivity contribution in [2.45, 2.75) is 19.9 Å². The molecule has 3 N–H and O–H groups in total.